The molecular weight excluding hydrogens is 270 g/mol. The van der Waals surface area contributed by atoms with Crippen LogP contribution in [-0.4, -0.2) is 37.2 Å². The summed E-state index contributed by atoms with van der Waals surface area (Å²) in [5, 5.41) is 0. The fraction of sp³-hybridized carbons (Fsp3) is 0.700. The SMILES string of the molecule is CO[C@H]1CN(C2CCCCC2)CC[C@@H]1Cc1cccc(C)c1. The van der Waals surface area contributed by atoms with Gasteiger partial charge in [-0.15, -0.1) is 0 Å². The molecule has 122 valence electrons. The molecule has 0 unspecified atom stereocenters. The van der Waals surface area contributed by atoms with E-state index in [-0.39, 0.29) is 0 Å². The van der Waals surface area contributed by atoms with Crippen LogP contribution < -0.4 is 0 Å². The molecule has 22 heavy (non-hydrogen) atoms. The van der Waals surface area contributed by atoms with Crippen LogP contribution in [0.2, 0.25) is 0 Å². The van der Waals surface area contributed by atoms with Gasteiger partial charge < -0.3 is 4.74 Å². The van der Waals surface area contributed by atoms with Crippen LogP contribution in [0.25, 0.3) is 0 Å². The van der Waals surface area contributed by atoms with Gasteiger partial charge in [-0.1, -0.05) is 49.1 Å². The zero-order valence-corrected chi connectivity index (χ0v) is 14.3. The molecule has 1 aliphatic carbocycles. The lowest BCUT2D eigenvalue weighted by atomic mass is 9.85. The van der Waals surface area contributed by atoms with Crippen molar-refractivity contribution in [2.75, 3.05) is 20.2 Å². The molecule has 2 nitrogen and oxygen atoms in total. The van der Waals surface area contributed by atoms with Gasteiger partial charge >= 0.3 is 0 Å². The van der Waals surface area contributed by atoms with Gasteiger partial charge in [-0.2, -0.15) is 0 Å². The van der Waals surface area contributed by atoms with E-state index in [0.29, 0.717) is 12.0 Å². The smallest absolute Gasteiger partial charge is 0.0730 e. The number of hydrogen-bond donors (Lipinski definition) is 0. The van der Waals surface area contributed by atoms with Crippen molar-refractivity contribution in [2.45, 2.75) is 64.0 Å². The Balaban J connectivity index is 1.60. The zero-order valence-electron chi connectivity index (χ0n) is 14.3. The van der Waals surface area contributed by atoms with E-state index in [9.17, 15) is 0 Å². The number of aryl methyl sites for hydroxylation is 1. The maximum absolute atomic E-state index is 5.89. The Morgan fingerprint density at radius 3 is 2.68 bits per heavy atom. The number of nitrogens with zero attached hydrogens (tertiary/aromatic N) is 1. The van der Waals surface area contributed by atoms with Crippen molar-refractivity contribution in [2.24, 2.45) is 5.92 Å². The standard InChI is InChI=1S/C20H31NO/c1-16-7-6-8-17(13-16)14-18-11-12-21(15-20(18)22-2)19-9-4-3-5-10-19/h6-8,13,18-20H,3-5,9-12,14-15H2,1-2H3/t18-,20+/m1/s1. The number of ether oxygens (including phenoxy) is 1. The first kappa shape index (κ1) is 16.0. The minimum atomic E-state index is 0.399. The summed E-state index contributed by atoms with van der Waals surface area (Å²) >= 11 is 0. The van der Waals surface area contributed by atoms with Gasteiger partial charge in [-0.3, -0.25) is 4.90 Å². The van der Waals surface area contributed by atoms with Crippen molar-refractivity contribution < 1.29 is 4.74 Å². The highest BCUT2D eigenvalue weighted by molar-refractivity contribution is 5.22. The largest absolute Gasteiger partial charge is 0.380 e. The fourth-order valence-electron chi connectivity index (χ4n) is 4.41. The molecule has 0 bridgehead atoms. The molecule has 0 N–H and O–H groups in total. The van der Waals surface area contributed by atoms with Gasteiger partial charge in [0.25, 0.3) is 0 Å². The van der Waals surface area contributed by atoms with E-state index in [1.165, 1.54) is 62.6 Å². The van der Waals surface area contributed by atoms with Crippen LogP contribution >= 0.6 is 0 Å². The predicted molar refractivity (Wildman–Crippen MR) is 92.2 cm³/mol. The summed E-state index contributed by atoms with van der Waals surface area (Å²) in [6, 6.07) is 9.80. The number of hydrogen-bond acceptors (Lipinski definition) is 2. The second-order valence-corrected chi connectivity index (χ2v) is 7.30. The third-order valence-corrected chi connectivity index (χ3v) is 5.70. The Labute approximate surface area is 135 Å². The fourth-order valence-corrected chi connectivity index (χ4v) is 4.41. The summed E-state index contributed by atoms with van der Waals surface area (Å²) in [5.74, 6) is 0.673. The van der Waals surface area contributed by atoms with Crippen molar-refractivity contribution in [3.63, 3.8) is 0 Å². The quantitative estimate of drug-likeness (QED) is 0.826. The average molecular weight is 301 g/mol. The highest BCUT2D eigenvalue weighted by Crippen LogP contribution is 2.30. The maximum Gasteiger partial charge on any atom is 0.0730 e. The molecule has 1 aromatic carbocycles. The van der Waals surface area contributed by atoms with Gasteiger partial charge in [-0.25, -0.2) is 0 Å². The van der Waals surface area contributed by atoms with Gasteiger partial charge in [0.1, 0.15) is 0 Å². The van der Waals surface area contributed by atoms with E-state index in [1.807, 2.05) is 7.11 Å². The molecule has 3 rings (SSSR count). The molecule has 2 fully saturated rings. The molecule has 1 saturated heterocycles. The Bertz CT molecular complexity index is 467. The molecule has 1 heterocycles. The second-order valence-electron chi connectivity index (χ2n) is 7.30. The maximum atomic E-state index is 5.89. The van der Waals surface area contributed by atoms with Gasteiger partial charge in [0, 0.05) is 19.7 Å². The highest BCUT2D eigenvalue weighted by Gasteiger charge is 2.32. The number of rotatable bonds is 4. The highest BCUT2D eigenvalue weighted by atomic mass is 16.5. The van der Waals surface area contributed by atoms with Crippen molar-refractivity contribution in [1.82, 2.24) is 4.90 Å². The van der Waals surface area contributed by atoms with E-state index in [4.69, 9.17) is 4.74 Å². The van der Waals surface area contributed by atoms with Crippen LogP contribution in [0, 0.1) is 12.8 Å². The van der Waals surface area contributed by atoms with E-state index >= 15 is 0 Å². The lowest BCUT2D eigenvalue weighted by Gasteiger charge is -2.43. The lowest BCUT2D eigenvalue weighted by Crippen LogP contribution is -2.50. The summed E-state index contributed by atoms with van der Waals surface area (Å²) < 4.78 is 5.89. The Morgan fingerprint density at radius 1 is 1.14 bits per heavy atom. The zero-order chi connectivity index (χ0) is 15.4. The van der Waals surface area contributed by atoms with Crippen molar-refractivity contribution in [3.8, 4) is 0 Å². The molecule has 0 radical (unpaired) electrons. The molecule has 1 saturated carbocycles. The summed E-state index contributed by atoms with van der Waals surface area (Å²) in [6.45, 7) is 4.58. The van der Waals surface area contributed by atoms with E-state index in [2.05, 4.69) is 36.1 Å². The molecule has 0 amide bonds. The number of methoxy groups -OCH3 is 1. The topological polar surface area (TPSA) is 12.5 Å². The number of likely N-dealkylation sites (tertiary alicyclic amines) is 1. The summed E-state index contributed by atoms with van der Waals surface area (Å²) in [4.78, 5) is 2.72. The van der Waals surface area contributed by atoms with E-state index in [1.54, 1.807) is 0 Å². The Hall–Kier alpha value is -0.860. The third-order valence-electron chi connectivity index (χ3n) is 5.70. The average Bonchev–Trinajstić information content (AvgIpc) is 2.56. The van der Waals surface area contributed by atoms with Crippen LogP contribution in [0.3, 0.4) is 0 Å². The normalized spacial score (nSPS) is 27.9. The summed E-state index contributed by atoms with van der Waals surface area (Å²) in [7, 11) is 1.90. The van der Waals surface area contributed by atoms with Crippen LogP contribution in [-0.2, 0) is 11.2 Å². The minimum Gasteiger partial charge on any atom is -0.380 e. The molecular formula is C20H31NO. The van der Waals surface area contributed by atoms with Gasteiger partial charge in [0.15, 0.2) is 0 Å². The molecule has 2 aliphatic rings. The van der Waals surface area contributed by atoms with Crippen molar-refractivity contribution in [3.05, 3.63) is 35.4 Å². The minimum absolute atomic E-state index is 0.399. The van der Waals surface area contributed by atoms with Gasteiger partial charge in [0.2, 0.25) is 0 Å². The van der Waals surface area contributed by atoms with Gasteiger partial charge in [0.05, 0.1) is 6.10 Å². The van der Waals surface area contributed by atoms with Crippen molar-refractivity contribution >= 4 is 0 Å². The molecule has 2 heteroatoms. The first-order valence-corrected chi connectivity index (χ1v) is 9.08. The lowest BCUT2D eigenvalue weighted by molar-refractivity contribution is -0.0294. The van der Waals surface area contributed by atoms with E-state index < -0.39 is 0 Å². The van der Waals surface area contributed by atoms with Crippen LogP contribution in [0.15, 0.2) is 24.3 Å². The third kappa shape index (κ3) is 3.91. The van der Waals surface area contributed by atoms with E-state index in [0.717, 1.165) is 12.6 Å². The first-order valence-electron chi connectivity index (χ1n) is 9.08. The summed E-state index contributed by atoms with van der Waals surface area (Å²) in [5.41, 5.74) is 2.84. The van der Waals surface area contributed by atoms with Crippen LogP contribution in [0.4, 0.5) is 0 Å². The molecule has 0 aromatic heterocycles. The van der Waals surface area contributed by atoms with Crippen LogP contribution in [0.1, 0.15) is 49.7 Å². The molecule has 1 aromatic rings. The number of piperidine rings is 1. The first-order chi connectivity index (χ1) is 10.8. The predicted octanol–water partition coefficient (Wildman–Crippen LogP) is 4.21. The molecule has 2 atom stereocenters. The number of benzene rings is 1. The van der Waals surface area contributed by atoms with Crippen LogP contribution in [0.5, 0.6) is 0 Å². The molecule has 1 aliphatic heterocycles. The second kappa shape index (κ2) is 7.61. The Kier molecular flexibility index (Phi) is 5.54. The summed E-state index contributed by atoms with van der Waals surface area (Å²) in [6.07, 6.45) is 9.93. The Morgan fingerprint density at radius 2 is 1.95 bits per heavy atom. The molecule has 0 spiro atoms. The monoisotopic (exact) mass is 301 g/mol. The van der Waals surface area contributed by atoms with Gasteiger partial charge in [-0.05, 0) is 50.6 Å². The van der Waals surface area contributed by atoms with Crippen molar-refractivity contribution in [1.29, 1.82) is 0 Å².